The smallest absolute Gasteiger partial charge is 0.259 e. The molecule has 2 amide bonds. The van der Waals surface area contributed by atoms with Gasteiger partial charge in [-0.15, -0.1) is 0 Å². The Morgan fingerprint density at radius 3 is 2.49 bits per heavy atom. The second-order valence-corrected chi connectivity index (χ2v) is 9.49. The average Bonchev–Trinajstić information content (AvgIpc) is 3.38. The van der Waals surface area contributed by atoms with Crippen molar-refractivity contribution in [2.24, 2.45) is 0 Å². The predicted octanol–water partition coefficient (Wildman–Crippen LogP) is 3.44. The molecule has 3 heterocycles. The molecule has 37 heavy (non-hydrogen) atoms. The number of aliphatic hydroxyl groups excluding tert-OH is 2. The number of H-pyrrole nitrogens is 1. The summed E-state index contributed by atoms with van der Waals surface area (Å²) in [5.41, 5.74) is 2.38. The maximum atomic E-state index is 14.6. The summed E-state index contributed by atoms with van der Waals surface area (Å²) in [5, 5.41) is 23.1. The van der Waals surface area contributed by atoms with Crippen LogP contribution in [-0.4, -0.2) is 59.1 Å². The van der Waals surface area contributed by atoms with E-state index in [9.17, 15) is 28.6 Å². The van der Waals surface area contributed by atoms with E-state index in [1.165, 1.54) is 30.3 Å². The first-order chi connectivity index (χ1) is 17.7. The number of nitrogens with zero attached hydrogens (tertiary/aromatic N) is 1. The van der Waals surface area contributed by atoms with Gasteiger partial charge < -0.3 is 24.8 Å². The molecule has 3 atom stereocenters. The van der Waals surface area contributed by atoms with Crippen LogP contribution in [0.25, 0.3) is 32.9 Å². The summed E-state index contributed by atoms with van der Waals surface area (Å²) in [7, 11) is 1.71. The number of rotatable bonds is 4. The lowest BCUT2D eigenvalue weighted by atomic mass is 9.91. The zero-order valence-corrected chi connectivity index (χ0v) is 19.7. The number of aromatic amines is 1. The average molecular weight is 507 g/mol. The molecule has 10 heteroatoms. The van der Waals surface area contributed by atoms with Crippen LogP contribution < -0.4 is 10.2 Å². The topological polar surface area (TPSA) is 115 Å². The zero-order valence-electron chi connectivity index (χ0n) is 19.7. The number of halogens is 2. The van der Waals surface area contributed by atoms with Gasteiger partial charge in [-0.2, -0.15) is 0 Å². The molecular formula is C27H23F2N3O5. The summed E-state index contributed by atoms with van der Waals surface area (Å²) in [4.78, 5) is 30.9. The summed E-state index contributed by atoms with van der Waals surface area (Å²) in [6, 6.07) is 9.88. The molecule has 2 aliphatic heterocycles. The third-order valence-electron chi connectivity index (χ3n) is 7.15. The molecule has 1 aromatic heterocycles. The van der Waals surface area contributed by atoms with Gasteiger partial charge in [0.2, 0.25) is 0 Å². The number of anilines is 1. The van der Waals surface area contributed by atoms with E-state index in [1.54, 1.807) is 24.1 Å². The Bertz CT molecular complexity index is 1600. The maximum Gasteiger partial charge on any atom is 0.259 e. The minimum absolute atomic E-state index is 0.0701. The van der Waals surface area contributed by atoms with Crippen molar-refractivity contribution < 1.29 is 33.3 Å². The van der Waals surface area contributed by atoms with Gasteiger partial charge in [-0.25, -0.2) is 8.78 Å². The number of hydrogen-bond acceptors (Lipinski definition) is 6. The first-order valence-corrected chi connectivity index (χ1v) is 11.9. The van der Waals surface area contributed by atoms with Gasteiger partial charge in [-0.3, -0.25) is 14.9 Å². The Hall–Kier alpha value is -3.86. The van der Waals surface area contributed by atoms with Gasteiger partial charge in [0.1, 0.15) is 17.9 Å². The molecule has 0 spiro atoms. The normalized spacial score (nSPS) is 21.5. The third kappa shape index (κ3) is 3.76. The van der Waals surface area contributed by atoms with Crippen molar-refractivity contribution in [2.75, 3.05) is 18.6 Å². The molecule has 0 radical (unpaired) electrons. The maximum absolute atomic E-state index is 14.6. The van der Waals surface area contributed by atoms with Gasteiger partial charge in [0.25, 0.3) is 11.8 Å². The SMILES string of the molecule is CN(c1ccc(F)cc1-c1cc2[nH]c3ccc(F)cc3c2c2c1C(=O)NC2=O)[C@H]1C[C@@H](O)C[C@@H](CO)O1. The molecule has 8 nitrogen and oxygen atoms in total. The number of imide groups is 1. The number of nitrogens with one attached hydrogen (secondary N) is 2. The van der Waals surface area contributed by atoms with Crippen molar-refractivity contribution in [3.8, 4) is 11.1 Å². The van der Waals surface area contributed by atoms with Crippen molar-refractivity contribution in [1.82, 2.24) is 10.3 Å². The quantitative estimate of drug-likeness (QED) is 0.315. The van der Waals surface area contributed by atoms with E-state index in [0.717, 1.165) is 0 Å². The standard InChI is InChI=1S/C27H23F2N3O5/c1-32(22-9-14(34)8-15(11-33)37-22)21-5-3-13(29)6-16(21)17-10-20-23(25-24(17)26(35)31-27(25)36)18-7-12(28)2-4-19(18)30-20/h2-7,10,14-15,22,30,33-34H,8-9,11H2,1H3,(H,31,35,36)/t14-,15-,22+/m0/s1. The monoisotopic (exact) mass is 507 g/mol. The predicted molar refractivity (Wildman–Crippen MR) is 132 cm³/mol. The fourth-order valence-corrected chi connectivity index (χ4v) is 5.46. The number of carbonyl (C=O) groups is 2. The number of aromatic nitrogens is 1. The number of amides is 2. The molecular weight excluding hydrogens is 484 g/mol. The Morgan fingerprint density at radius 2 is 1.70 bits per heavy atom. The van der Waals surface area contributed by atoms with E-state index in [4.69, 9.17) is 4.74 Å². The number of carbonyl (C=O) groups excluding carboxylic acids is 2. The van der Waals surface area contributed by atoms with Crippen LogP contribution in [0.15, 0.2) is 42.5 Å². The van der Waals surface area contributed by atoms with Gasteiger partial charge in [-0.05, 0) is 48.0 Å². The number of fused-ring (bicyclic) bond motifs is 5. The fraction of sp³-hybridized carbons (Fsp3) is 0.259. The lowest BCUT2D eigenvalue weighted by molar-refractivity contribution is -0.110. The summed E-state index contributed by atoms with van der Waals surface area (Å²) >= 11 is 0. The van der Waals surface area contributed by atoms with Gasteiger partial charge in [0.05, 0.1) is 29.9 Å². The Balaban J connectivity index is 1.58. The number of aliphatic hydroxyl groups is 2. The minimum Gasteiger partial charge on any atom is -0.394 e. The van der Waals surface area contributed by atoms with Gasteiger partial charge in [0, 0.05) is 52.9 Å². The Labute approximate surface area is 209 Å². The molecule has 2 aliphatic rings. The molecule has 1 saturated heterocycles. The summed E-state index contributed by atoms with van der Waals surface area (Å²) in [5.74, 6) is -2.29. The van der Waals surface area contributed by atoms with Crippen LogP contribution in [0.4, 0.5) is 14.5 Å². The number of hydrogen-bond donors (Lipinski definition) is 4. The highest BCUT2D eigenvalue weighted by Crippen LogP contribution is 2.42. The van der Waals surface area contributed by atoms with Crippen LogP contribution in [0.5, 0.6) is 0 Å². The molecule has 4 aromatic rings. The molecule has 0 aliphatic carbocycles. The van der Waals surface area contributed by atoms with Crippen molar-refractivity contribution in [3.63, 3.8) is 0 Å². The van der Waals surface area contributed by atoms with E-state index < -0.39 is 41.9 Å². The van der Waals surface area contributed by atoms with Crippen LogP contribution in [0.2, 0.25) is 0 Å². The van der Waals surface area contributed by atoms with Crippen molar-refractivity contribution in [3.05, 3.63) is 65.2 Å². The lowest BCUT2D eigenvalue weighted by Crippen LogP contribution is -2.46. The zero-order chi connectivity index (χ0) is 26.0. The highest BCUT2D eigenvalue weighted by Gasteiger charge is 2.36. The van der Waals surface area contributed by atoms with Crippen molar-refractivity contribution >= 4 is 39.3 Å². The molecule has 6 rings (SSSR count). The highest BCUT2D eigenvalue weighted by atomic mass is 19.1. The molecule has 1 fully saturated rings. The largest absolute Gasteiger partial charge is 0.394 e. The van der Waals surface area contributed by atoms with Gasteiger partial charge in [0.15, 0.2) is 0 Å². The van der Waals surface area contributed by atoms with Gasteiger partial charge in [-0.1, -0.05) is 0 Å². The van der Waals surface area contributed by atoms with E-state index in [1.807, 2.05) is 0 Å². The fourth-order valence-electron chi connectivity index (χ4n) is 5.46. The summed E-state index contributed by atoms with van der Waals surface area (Å²) in [6.45, 7) is -0.259. The first kappa shape index (κ1) is 23.5. The van der Waals surface area contributed by atoms with E-state index in [-0.39, 0.29) is 24.2 Å². The first-order valence-electron chi connectivity index (χ1n) is 11.9. The van der Waals surface area contributed by atoms with Crippen LogP contribution >= 0.6 is 0 Å². The Morgan fingerprint density at radius 1 is 0.973 bits per heavy atom. The Kier molecular flexibility index (Phi) is 5.48. The van der Waals surface area contributed by atoms with E-state index >= 15 is 0 Å². The molecule has 4 N–H and O–H groups in total. The van der Waals surface area contributed by atoms with Crippen LogP contribution in [-0.2, 0) is 4.74 Å². The van der Waals surface area contributed by atoms with E-state index in [0.29, 0.717) is 45.0 Å². The molecule has 3 aromatic carbocycles. The number of benzene rings is 3. The van der Waals surface area contributed by atoms with Crippen molar-refractivity contribution in [1.29, 1.82) is 0 Å². The summed E-state index contributed by atoms with van der Waals surface area (Å²) < 4.78 is 34.7. The molecule has 0 bridgehead atoms. The highest BCUT2D eigenvalue weighted by molar-refractivity contribution is 6.32. The molecule has 0 saturated carbocycles. The molecule has 190 valence electrons. The summed E-state index contributed by atoms with van der Waals surface area (Å²) in [6.07, 6.45) is -1.33. The number of ether oxygens (including phenoxy) is 1. The van der Waals surface area contributed by atoms with Crippen LogP contribution in [0.1, 0.15) is 33.6 Å². The van der Waals surface area contributed by atoms with Crippen LogP contribution in [0.3, 0.4) is 0 Å². The van der Waals surface area contributed by atoms with Crippen molar-refractivity contribution in [2.45, 2.75) is 31.3 Å². The minimum atomic E-state index is -0.696. The van der Waals surface area contributed by atoms with E-state index in [2.05, 4.69) is 10.3 Å². The second kappa shape index (κ2) is 8.62. The third-order valence-corrected chi connectivity index (χ3v) is 7.15. The second-order valence-electron chi connectivity index (χ2n) is 9.49. The van der Waals surface area contributed by atoms with Crippen LogP contribution in [0, 0.1) is 11.6 Å². The lowest BCUT2D eigenvalue weighted by Gasteiger charge is -2.39. The molecule has 0 unspecified atom stereocenters. The van der Waals surface area contributed by atoms with Gasteiger partial charge >= 0.3 is 0 Å².